The monoisotopic (exact) mass is 336 g/mol. The zero-order chi connectivity index (χ0) is 16.9. The fourth-order valence-corrected chi connectivity index (χ4v) is 2.77. The Morgan fingerprint density at radius 1 is 1.00 bits per heavy atom. The summed E-state index contributed by atoms with van der Waals surface area (Å²) in [5.74, 6) is -0.207. The van der Waals surface area contributed by atoms with Crippen molar-refractivity contribution in [1.29, 1.82) is 0 Å². The van der Waals surface area contributed by atoms with Gasteiger partial charge >= 0.3 is 0 Å². The van der Waals surface area contributed by atoms with E-state index in [-0.39, 0.29) is 5.91 Å². The molecular formula is C20H17ClN2O. The van der Waals surface area contributed by atoms with Crippen LogP contribution < -0.4 is 5.32 Å². The summed E-state index contributed by atoms with van der Waals surface area (Å²) in [5.41, 5.74) is 4.62. The molecule has 0 aliphatic carbocycles. The largest absolute Gasteiger partial charge is 0.322 e. The van der Waals surface area contributed by atoms with E-state index in [1.807, 2.05) is 49.4 Å². The Hall–Kier alpha value is -2.65. The van der Waals surface area contributed by atoms with Crippen molar-refractivity contribution in [2.45, 2.75) is 13.3 Å². The predicted octanol–water partition coefficient (Wildman–Crippen LogP) is 4.89. The molecule has 0 saturated carbocycles. The van der Waals surface area contributed by atoms with E-state index in [2.05, 4.69) is 10.3 Å². The zero-order valence-electron chi connectivity index (χ0n) is 13.3. The van der Waals surface area contributed by atoms with Crippen molar-refractivity contribution in [1.82, 2.24) is 4.98 Å². The number of hydrogen-bond donors (Lipinski definition) is 1. The molecule has 0 saturated heterocycles. The van der Waals surface area contributed by atoms with Crippen LogP contribution in [0, 0.1) is 6.92 Å². The van der Waals surface area contributed by atoms with Crippen molar-refractivity contribution >= 4 is 23.2 Å². The summed E-state index contributed by atoms with van der Waals surface area (Å²) in [7, 11) is 0. The quantitative estimate of drug-likeness (QED) is 0.737. The van der Waals surface area contributed by atoms with Crippen LogP contribution in [0.4, 0.5) is 5.69 Å². The normalized spacial score (nSPS) is 10.4. The van der Waals surface area contributed by atoms with E-state index in [1.54, 1.807) is 24.5 Å². The second-order valence-electron chi connectivity index (χ2n) is 5.67. The number of pyridine rings is 1. The van der Waals surface area contributed by atoms with Gasteiger partial charge in [-0.1, -0.05) is 29.8 Å². The van der Waals surface area contributed by atoms with E-state index in [9.17, 15) is 4.79 Å². The molecule has 1 amide bonds. The predicted molar refractivity (Wildman–Crippen MR) is 97.6 cm³/mol. The molecule has 0 bridgehead atoms. The number of rotatable bonds is 4. The third-order valence-corrected chi connectivity index (χ3v) is 4.05. The van der Waals surface area contributed by atoms with Gasteiger partial charge in [-0.15, -0.1) is 0 Å². The van der Waals surface area contributed by atoms with Crippen molar-refractivity contribution in [3.8, 4) is 0 Å². The van der Waals surface area contributed by atoms with Crippen molar-refractivity contribution < 1.29 is 4.79 Å². The maximum absolute atomic E-state index is 12.3. The van der Waals surface area contributed by atoms with Gasteiger partial charge in [0.1, 0.15) is 0 Å². The summed E-state index contributed by atoms with van der Waals surface area (Å²) in [6.07, 6.45) is 4.41. The second-order valence-corrected chi connectivity index (χ2v) is 6.07. The van der Waals surface area contributed by atoms with Crippen molar-refractivity contribution in [3.63, 3.8) is 0 Å². The summed E-state index contributed by atoms with van der Waals surface area (Å²) >= 11 is 6.14. The molecule has 24 heavy (non-hydrogen) atoms. The number of nitrogens with zero attached hydrogens (tertiary/aromatic N) is 1. The number of halogens is 1. The van der Waals surface area contributed by atoms with E-state index in [4.69, 9.17) is 11.6 Å². The van der Waals surface area contributed by atoms with Crippen molar-refractivity contribution in [2.75, 3.05) is 5.32 Å². The number of anilines is 1. The average Bonchev–Trinajstić information content (AvgIpc) is 2.57. The zero-order valence-corrected chi connectivity index (χ0v) is 14.0. The lowest BCUT2D eigenvalue weighted by molar-refractivity contribution is 0.102. The maximum atomic E-state index is 12.3. The Kier molecular flexibility index (Phi) is 4.92. The van der Waals surface area contributed by atoms with Gasteiger partial charge in [0, 0.05) is 18.1 Å². The lowest BCUT2D eigenvalue weighted by atomic mass is 10.1. The van der Waals surface area contributed by atoms with E-state index in [0.29, 0.717) is 10.6 Å². The number of carbonyl (C=O) groups is 1. The van der Waals surface area contributed by atoms with E-state index >= 15 is 0 Å². The van der Waals surface area contributed by atoms with E-state index < -0.39 is 0 Å². The minimum Gasteiger partial charge on any atom is -0.322 e. The highest BCUT2D eigenvalue weighted by molar-refractivity contribution is 6.34. The molecule has 0 unspecified atom stereocenters. The Labute approximate surface area is 146 Å². The fourth-order valence-electron chi connectivity index (χ4n) is 2.44. The first kappa shape index (κ1) is 16.2. The van der Waals surface area contributed by atoms with Gasteiger partial charge in [-0.25, -0.2) is 0 Å². The first-order valence-electron chi connectivity index (χ1n) is 7.67. The van der Waals surface area contributed by atoms with Crippen LogP contribution in [0.3, 0.4) is 0 Å². The Bertz CT molecular complexity index is 845. The number of aromatic nitrogens is 1. The third kappa shape index (κ3) is 4.00. The van der Waals surface area contributed by atoms with Gasteiger partial charge < -0.3 is 5.32 Å². The molecule has 1 aromatic heterocycles. The molecule has 3 aromatic rings. The van der Waals surface area contributed by atoms with Gasteiger partial charge in [-0.3, -0.25) is 9.78 Å². The van der Waals surface area contributed by atoms with Crippen LogP contribution in [0.5, 0.6) is 0 Å². The van der Waals surface area contributed by atoms with Gasteiger partial charge in [0.15, 0.2) is 0 Å². The SMILES string of the molecule is Cc1ccc(C(=O)Nc2ccc(Cc3ccncc3)cc2)c(Cl)c1. The molecule has 0 aliphatic heterocycles. The standard InChI is InChI=1S/C20H17ClN2O/c1-14-2-7-18(19(21)12-14)20(24)23-17-5-3-15(4-6-17)13-16-8-10-22-11-9-16/h2-12H,13H2,1H3,(H,23,24). The van der Waals surface area contributed by atoms with Crippen molar-refractivity contribution in [3.05, 3.63) is 94.3 Å². The summed E-state index contributed by atoms with van der Waals surface area (Å²) in [4.78, 5) is 16.3. The number of carbonyl (C=O) groups excluding carboxylic acids is 1. The Morgan fingerprint density at radius 3 is 2.33 bits per heavy atom. The van der Waals surface area contributed by atoms with Crippen LogP contribution in [-0.2, 0) is 6.42 Å². The molecule has 0 spiro atoms. The first-order chi connectivity index (χ1) is 11.6. The molecule has 0 fully saturated rings. The van der Waals surface area contributed by atoms with Crippen LogP contribution in [0.25, 0.3) is 0 Å². The topological polar surface area (TPSA) is 42.0 Å². The molecule has 3 nitrogen and oxygen atoms in total. The van der Waals surface area contributed by atoms with E-state index in [1.165, 1.54) is 11.1 Å². The summed E-state index contributed by atoms with van der Waals surface area (Å²) in [6, 6.07) is 17.2. The highest BCUT2D eigenvalue weighted by Crippen LogP contribution is 2.20. The number of benzene rings is 2. The van der Waals surface area contributed by atoms with Gasteiger partial charge in [0.2, 0.25) is 0 Å². The van der Waals surface area contributed by atoms with Gasteiger partial charge in [-0.2, -0.15) is 0 Å². The summed E-state index contributed by atoms with van der Waals surface area (Å²) in [6.45, 7) is 1.94. The van der Waals surface area contributed by atoms with Crippen LogP contribution in [0.2, 0.25) is 5.02 Å². The lowest BCUT2D eigenvalue weighted by Gasteiger charge is -2.08. The smallest absolute Gasteiger partial charge is 0.257 e. The third-order valence-electron chi connectivity index (χ3n) is 3.74. The molecule has 4 heteroatoms. The summed E-state index contributed by atoms with van der Waals surface area (Å²) in [5, 5.41) is 3.34. The number of nitrogens with one attached hydrogen (secondary N) is 1. The van der Waals surface area contributed by atoms with Gasteiger partial charge in [0.05, 0.1) is 10.6 Å². The lowest BCUT2D eigenvalue weighted by Crippen LogP contribution is -2.12. The number of hydrogen-bond acceptors (Lipinski definition) is 2. The fraction of sp³-hybridized carbons (Fsp3) is 0.100. The van der Waals surface area contributed by atoms with Crippen LogP contribution in [0.1, 0.15) is 27.0 Å². The maximum Gasteiger partial charge on any atom is 0.257 e. The van der Waals surface area contributed by atoms with Crippen LogP contribution in [-0.4, -0.2) is 10.9 Å². The first-order valence-corrected chi connectivity index (χ1v) is 8.05. The highest BCUT2D eigenvalue weighted by atomic mass is 35.5. The molecule has 120 valence electrons. The highest BCUT2D eigenvalue weighted by Gasteiger charge is 2.10. The summed E-state index contributed by atoms with van der Waals surface area (Å²) < 4.78 is 0. The molecule has 0 radical (unpaired) electrons. The number of amides is 1. The molecule has 0 aliphatic rings. The number of aryl methyl sites for hydroxylation is 1. The molecule has 0 atom stereocenters. The Balaban J connectivity index is 1.68. The molecule has 1 heterocycles. The minimum atomic E-state index is -0.207. The molecule has 3 rings (SSSR count). The van der Waals surface area contributed by atoms with Crippen LogP contribution in [0.15, 0.2) is 67.0 Å². The van der Waals surface area contributed by atoms with Gasteiger partial charge in [0.25, 0.3) is 5.91 Å². The van der Waals surface area contributed by atoms with Gasteiger partial charge in [-0.05, 0) is 66.4 Å². The van der Waals surface area contributed by atoms with Crippen molar-refractivity contribution in [2.24, 2.45) is 0 Å². The molecular weight excluding hydrogens is 320 g/mol. The molecule has 2 aromatic carbocycles. The Morgan fingerprint density at radius 2 is 1.67 bits per heavy atom. The molecule has 1 N–H and O–H groups in total. The second kappa shape index (κ2) is 7.28. The van der Waals surface area contributed by atoms with E-state index in [0.717, 1.165) is 17.7 Å². The van der Waals surface area contributed by atoms with Crippen LogP contribution >= 0.6 is 11.6 Å². The minimum absolute atomic E-state index is 0.207. The average molecular weight is 337 g/mol.